The molecular weight excluding hydrogens is 257 g/mol. The van der Waals surface area contributed by atoms with Crippen molar-refractivity contribution in [2.75, 3.05) is 20.6 Å². The van der Waals surface area contributed by atoms with Crippen LogP contribution in [-0.4, -0.2) is 31.4 Å². The summed E-state index contributed by atoms with van der Waals surface area (Å²) >= 11 is 0. The highest BCUT2D eigenvalue weighted by Gasteiger charge is 2.30. The molecule has 0 heterocycles. The number of hydrogen-bond donors (Lipinski definition) is 1. The van der Waals surface area contributed by atoms with E-state index in [0.29, 0.717) is 25.1 Å². The molecule has 0 aliphatic rings. The standard InChI is InChI=1S/C13H17F3N2O/c1-18(2)12(19)6-7-17-9-10-4-3-5-11(8-10)13(14,15)16/h3-5,8,17H,6-7,9H2,1-2H3. The highest BCUT2D eigenvalue weighted by Crippen LogP contribution is 2.29. The summed E-state index contributed by atoms with van der Waals surface area (Å²) in [4.78, 5) is 12.8. The first kappa shape index (κ1) is 15.5. The summed E-state index contributed by atoms with van der Waals surface area (Å²) in [6.45, 7) is 0.748. The van der Waals surface area contributed by atoms with Crippen molar-refractivity contribution in [2.45, 2.75) is 19.1 Å². The molecule has 3 nitrogen and oxygen atoms in total. The topological polar surface area (TPSA) is 32.3 Å². The molecule has 1 aromatic carbocycles. The van der Waals surface area contributed by atoms with Gasteiger partial charge in [0, 0.05) is 33.6 Å². The average Bonchev–Trinajstić information content (AvgIpc) is 2.33. The lowest BCUT2D eigenvalue weighted by Crippen LogP contribution is -2.26. The third kappa shape index (κ3) is 5.30. The fraction of sp³-hybridized carbons (Fsp3) is 0.462. The van der Waals surface area contributed by atoms with Crippen LogP contribution in [0.15, 0.2) is 24.3 Å². The number of benzene rings is 1. The lowest BCUT2D eigenvalue weighted by atomic mass is 10.1. The van der Waals surface area contributed by atoms with E-state index in [1.807, 2.05) is 0 Å². The van der Waals surface area contributed by atoms with Crippen LogP contribution in [0.5, 0.6) is 0 Å². The van der Waals surface area contributed by atoms with Gasteiger partial charge in [-0.2, -0.15) is 13.2 Å². The normalized spacial score (nSPS) is 11.4. The van der Waals surface area contributed by atoms with E-state index in [-0.39, 0.29) is 5.91 Å². The SMILES string of the molecule is CN(C)C(=O)CCNCc1cccc(C(F)(F)F)c1. The smallest absolute Gasteiger partial charge is 0.349 e. The first-order valence-electron chi connectivity index (χ1n) is 5.87. The van der Waals surface area contributed by atoms with Crippen LogP contribution in [-0.2, 0) is 17.5 Å². The highest BCUT2D eigenvalue weighted by atomic mass is 19.4. The van der Waals surface area contributed by atoms with Gasteiger partial charge in [0.25, 0.3) is 0 Å². The second-order valence-corrected chi connectivity index (χ2v) is 4.41. The third-order valence-electron chi connectivity index (χ3n) is 2.60. The zero-order chi connectivity index (χ0) is 14.5. The molecule has 1 amide bonds. The minimum absolute atomic E-state index is 0.0171. The Labute approximate surface area is 110 Å². The second kappa shape index (κ2) is 6.56. The fourth-order valence-corrected chi connectivity index (χ4v) is 1.51. The summed E-state index contributed by atoms with van der Waals surface area (Å²) in [5.41, 5.74) is -0.108. The minimum atomic E-state index is -4.32. The van der Waals surface area contributed by atoms with Crippen molar-refractivity contribution >= 4 is 5.91 Å². The maximum absolute atomic E-state index is 12.5. The van der Waals surface area contributed by atoms with Gasteiger partial charge in [-0.25, -0.2) is 0 Å². The molecule has 0 saturated carbocycles. The van der Waals surface area contributed by atoms with Crippen molar-refractivity contribution in [3.63, 3.8) is 0 Å². The van der Waals surface area contributed by atoms with Gasteiger partial charge >= 0.3 is 6.18 Å². The van der Waals surface area contributed by atoms with Crippen LogP contribution in [0.4, 0.5) is 13.2 Å². The number of hydrogen-bond acceptors (Lipinski definition) is 2. The van der Waals surface area contributed by atoms with E-state index in [9.17, 15) is 18.0 Å². The molecule has 0 aromatic heterocycles. The molecule has 6 heteroatoms. The van der Waals surface area contributed by atoms with Crippen molar-refractivity contribution < 1.29 is 18.0 Å². The van der Waals surface area contributed by atoms with E-state index in [1.165, 1.54) is 11.0 Å². The molecule has 0 aliphatic heterocycles. The van der Waals surface area contributed by atoms with Crippen LogP contribution in [0.3, 0.4) is 0 Å². The van der Waals surface area contributed by atoms with Crippen molar-refractivity contribution in [2.24, 2.45) is 0 Å². The predicted molar refractivity (Wildman–Crippen MR) is 66.5 cm³/mol. The largest absolute Gasteiger partial charge is 0.416 e. The molecule has 0 unspecified atom stereocenters. The Morgan fingerprint density at radius 3 is 2.58 bits per heavy atom. The number of halogens is 3. The van der Waals surface area contributed by atoms with Gasteiger partial charge in [-0.1, -0.05) is 18.2 Å². The lowest BCUT2D eigenvalue weighted by molar-refractivity contribution is -0.137. The van der Waals surface area contributed by atoms with Crippen LogP contribution in [0, 0.1) is 0 Å². The minimum Gasteiger partial charge on any atom is -0.349 e. The fourth-order valence-electron chi connectivity index (χ4n) is 1.51. The molecule has 0 aliphatic carbocycles. The monoisotopic (exact) mass is 274 g/mol. The van der Waals surface area contributed by atoms with E-state index < -0.39 is 11.7 Å². The number of rotatable bonds is 5. The quantitative estimate of drug-likeness (QED) is 0.835. The first-order chi connectivity index (χ1) is 8.80. The van der Waals surface area contributed by atoms with Gasteiger partial charge in [-0.3, -0.25) is 4.79 Å². The molecule has 0 radical (unpaired) electrons. The summed E-state index contributed by atoms with van der Waals surface area (Å²) < 4.78 is 37.4. The number of amides is 1. The number of nitrogens with zero attached hydrogens (tertiary/aromatic N) is 1. The summed E-state index contributed by atoms with van der Waals surface area (Å²) in [6, 6.07) is 5.15. The zero-order valence-corrected chi connectivity index (χ0v) is 10.9. The van der Waals surface area contributed by atoms with Crippen molar-refractivity contribution in [1.82, 2.24) is 10.2 Å². The van der Waals surface area contributed by atoms with Gasteiger partial charge in [0.2, 0.25) is 5.91 Å². The molecule has 106 valence electrons. The predicted octanol–water partition coefficient (Wildman–Crippen LogP) is 2.27. The Morgan fingerprint density at radius 2 is 2.00 bits per heavy atom. The second-order valence-electron chi connectivity index (χ2n) is 4.41. The van der Waals surface area contributed by atoms with Gasteiger partial charge in [-0.15, -0.1) is 0 Å². The van der Waals surface area contributed by atoms with Crippen LogP contribution in [0.1, 0.15) is 17.5 Å². The van der Waals surface area contributed by atoms with E-state index in [0.717, 1.165) is 12.1 Å². The van der Waals surface area contributed by atoms with Crippen LogP contribution >= 0.6 is 0 Å². The van der Waals surface area contributed by atoms with E-state index in [4.69, 9.17) is 0 Å². The van der Waals surface area contributed by atoms with Crippen LogP contribution in [0.2, 0.25) is 0 Å². The summed E-state index contributed by atoms with van der Waals surface area (Å²) in [6.07, 6.45) is -4.00. The average molecular weight is 274 g/mol. The van der Waals surface area contributed by atoms with Gasteiger partial charge in [0.1, 0.15) is 0 Å². The van der Waals surface area contributed by atoms with Gasteiger partial charge in [0.15, 0.2) is 0 Å². The Morgan fingerprint density at radius 1 is 1.32 bits per heavy atom. The van der Waals surface area contributed by atoms with Crippen molar-refractivity contribution in [3.05, 3.63) is 35.4 Å². The molecule has 1 aromatic rings. The Kier molecular flexibility index (Phi) is 5.35. The van der Waals surface area contributed by atoms with Gasteiger partial charge in [-0.05, 0) is 11.6 Å². The summed E-state index contributed by atoms with van der Waals surface area (Å²) in [5, 5.41) is 2.95. The first-order valence-corrected chi connectivity index (χ1v) is 5.87. The van der Waals surface area contributed by atoms with E-state index in [2.05, 4.69) is 5.32 Å². The number of alkyl halides is 3. The van der Waals surface area contributed by atoms with Crippen molar-refractivity contribution in [1.29, 1.82) is 0 Å². The summed E-state index contributed by atoms with van der Waals surface area (Å²) in [7, 11) is 3.32. The highest BCUT2D eigenvalue weighted by molar-refractivity contribution is 5.75. The maximum Gasteiger partial charge on any atom is 0.416 e. The van der Waals surface area contributed by atoms with E-state index >= 15 is 0 Å². The zero-order valence-electron chi connectivity index (χ0n) is 10.9. The van der Waals surface area contributed by atoms with Crippen LogP contribution in [0.25, 0.3) is 0 Å². The number of carbonyl (C=O) groups is 1. The molecule has 19 heavy (non-hydrogen) atoms. The molecular formula is C13H17F3N2O. The molecule has 0 atom stereocenters. The van der Waals surface area contributed by atoms with E-state index in [1.54, 1.807) is 20.2 Å². The molecule has 1 rings (SSSR count). The maximum atomic E-state index is 12.5. The van der Waals surface area contributed by atoms with Crippen molar-refractivity contribution in [3.8, 4) is 0 Å². The number of carbonyl (C=O) groups excluding carboxylic acids is 1. The third-order valence-corrected chi connectivity index (χ3v) is 2.60. The molecule has 0 saturated heterocycles. The Hall–Kier alpha value is -1.56. The summed E-state index contributed by atoms with van der Waals surface area (Å²) in [5.74, 6) is -0.0171. The Bertz CT molecular complexity index is 430. The van der Waals surface area contributed by atoms with Crippen LogP contribution < -0.4 is 5.32 Å². The molecule has 1 N–H and O–H groups in total. The Balaban J connectivity index is 2.44. The van der Waals surface area contributed by atoms with Gasteiger partial charge < -0.3 is 10.2 Å². The number of nitrogens with one attached hydrogen (secondary N) is 1. The molecule has 0 spiro atoms. The van der Waals surface area contributed by atoms with Gasteiger partial charge in [0.05, 0.1) is 5.56 Å². The lowest BCUT2D eigenvalue weighted by Gasteiger charge is -2.11. The molecule has 0 fully saturated rings. The molecule has 0 bridgehead atoms.